The third-order valence-electron chi connectivity index (χ3n) is 3.92. The smallest absolute Gasteiger partial charge is 0.275 e. The summed E-state index contributed by atoms with van der Waals surface area (Å²) in [5, 5.41) is 2.94. The Morgan fingerprint density at radius 3 is 2.96 bits per heavy atom. The standard InChI is InChI=1S/C16H21N5O3/c1-11-20-14(10-24-11)16(22)21-3-4-23-9-12(8-21)5-13-6-19-15(17-2)7-18-13/h6-7,10,12H,3-5,8-9H2,1-2H3,(H,17,19). The summed E-state index contributed by atoms with van der Waals surface area (Å²) in [5.74, 6) is 1.26. The van der Waals surface area contributed by atoms with E-state index < -0.39 is 0 Å². The summed E-state index contributed by atoms with van der Waals surface area (Å²) in [6.07, 6.45) is 5.57. The van der Waals surface area contributed by atoms with Gasteiger partial charge in [-0.05, 0) is 6.42 Å². The Kier molecular flexibility index (Phi) is 5.05. The zero-order valence-corrected chi connectivity index (χ0v) is 13.9. The maximum absolute atomic E-state index is 12.6. The Labute approximate surface area is 140 Å². The molecule has 0 aromatic carbocycles. The van der Waals surface area contributed by atoms with Gasteiger partial charge >= 0.3 is 0 Å². The van der Waals surface area contributed by atoms with Gasteiger partial charge in [0.05, 0.1) is 31.3 Å². The van der Waals surface area contributed by atoms with Crippen LogP contribution in [0.4, 0.5) is 5.82 Å². The Morgan fingerprint density at radius 2 is 2.29 bits per heavy atom. The second-order valence-corrected chi connectivity index (χ2v) is 5.79. The molecule has 1 amide bonds. The van der Waals surface area contributed by atoms with E-state index in [0.29, 0.717) is 44.3 Å². The zero-order valence-electron chi connectivity index (χ0n) is 13.9. The van der Waals surface area contributed by atoms with Crippen molar-refractivity contribution < 1.29 is 13.9 Å². The molecule has 8 nitrogen and oxygen atoms in total. The highest BCUT2D eigenvalue weighted by Crippen LogP contribution is 2.15. The third kappa shape index (κ3) is 3.88. The number of aryl methyl sites for hydroxylation is 1. The van der Waals surface area contributed by atoms with Gasteiger partial charge in [0.25, 0.3) is 5.91 Å². The number of amides is 1. The van der Waals surface area contributed by atoms with Crippen LogP contribution in [0, 0.1) is 12.8 Å². The summed E-state index contributed by atoms with van der Waals surface area (Å²) in [6.45, 7) is 3.98. The first-order valence-electron chi connectivity index (χ1n) is 7.93. The van der Waals surface area contributed by atoms with Gasteiger partial charge in [0.1, 0.15) is 12.1 Å². The van der Waals surface area contributed by atoms with Gasteiger partial charge in [-0.1, -0.05) is 0 Å². The Balaban J connectivity index is 1.66. The molecular formula is C16H21N5O3. The Bertz CT molecular complexity index is 685. The molecule has 8 heteroatoms. The number of carbonyl (C=O) groups excluding carboxylic acids is 1. The van der Waals surface area contributed by atoms with E-state index in [4.69, 9.17) is 9.15 Å². The Morgan fingerprint density at radius 1 is 1.42 bits per heavy atom. The maximum atomic E-state index is 12.6. The molecule has 128 valence electrons. The maximum Gasteiger partial charge on any atom is 0.275 e. The number of carbonyl (C=O) groups is 1. The molecule has 0 aliphatic carbocycles. The van der Waals surface area contributed by atoms with Gasteiger partial charge in [-0.15, -0.1) is 0 Å². The SMILES string of the molecule is CNc1cnc(CC2COCCN(C(=O)c3coc(C)n3)C2)cn1. The van der Waals surface area contributed by atoms with Crippen molar-refractivity contribution in [1.82, 2.24) is 19.9 Å². The zero-order chi connectivity index (χ0) is 16.9. The Hall–Kier alpha value is -2.48. The topological polar surface area (TPSA) is 93.4 Å². The normalized spacial score (nSPS) is 18.2. The fourth-order valence-corrected chi connectivity index (χ4v) is 2.70. The quantitative estimate of drug-likeness (QED) is 0.898. The van der Waals surface area contributed by atoms with Gasteiger partial charge in [0.2, 0.25) is 0 Å². The molecule has 2 aromatic heterocycles. The molecule has 3 rings (SSSR count). The van der Waals surface area contributed by atoms with Crippen LogP contribution in [0.25, 0.3) is 0 Å². The van der Waals surface area contributed by atoms with Crippen molar-refractivity contribution in [2.75, 3.05) is 38.7 Å². The van der Waals surface area contributed by atoms with E-state index in [-0.39, 0.29) is 11.8 Å². The van der Waals surface area contributed by atoms with Gasteiger partial charge in [-0.25, -0.2) is 9.97 Å². The van der Waals surface area contributed by atoms with Crippen LogP contribution in [0.2, 0.25) is 0 Å². The van der Waals surface area contributed by atoms with E-state index in [1.165, 1.54) is 6.26 Å². The number of hydrogen-bond acceptors (Lipinski definition) is 7. The van der Waals surface area contributed by atoms with Crippen molar-refractivity contribution in [1.29, 1.82) is 0 Å². The largest absolute Gasteiger partial charge is 0.448 e. The molecule has 1 unspecified atom stereocenters. The first-order valence-corrected chi connectivity index (χ1v) is 7.93. The number of aromatic nitrogens is 3. The summed E-state index contributed by atoms with van der Waals surface area (Å²) in [4.78, 5) is 27.1. The number of nitrogens with zero attached hydrogens (tertiary/aromatic N) is 4. The average molecular weight is 331 g/mol. The van der Waals surface area contributed by atoms with Crippen LogP contribution in [0.5, 0.6) is 0 Å². The molecule has 0 radical (unpaired) electrons. The minimum atomic E-state index is -0.126. The fraction of sp³-hybridized carbons (Fsp3) is 0.500. The lowest BCUT2D eigenvalue weighted by molar-refractivity contribution is 0.0731. The van der Waals surface area contributed by atoms with Crippen LogP contribution in [-0.4, -0.2) is 59.1 Å². The highest BCUT2D eigenvalue weighted by molar-refractivity contribution is 5.92. The van der Waals surface area contributed by atoms with Crippen molar-refractivity contribution in [3.63, 3.8) is 0 Å². The van der Waals surface area contributed by atoms with Crippen LogP contribution in [-0.2, 0) is 11.2 Å². The molecule has 1 fully saturated rings. The molecular weight excluding hydrogens is 310 g/mol. The number of oxazole rings is 1. The first-order chi connectivity index (χ1) is 11.7. The predicted octanol–water partition coefficient (Wildman–Crippen LogP) is 1.15. The minimum absolute atomic E-state index is 0.126. The van der Waals surface area contributed by atoms with Gasteiger partial charge in [-0.3, -0.25) is 9.78 Å². The van der Waals surface area contributed by atoms with Crippen LogP contribution in [0.3, 0.4) is 0 Å². The summed E-state index contributed by atoms with van der Waals surface area (Å²) in [7, 11) is 1.80. The van der Waals surface area contributed by atoms with Gasteiger partial charge in [0.15, 0.2) is 11.6 Å². The highest BCUT2D eigenvalue weighted by Gasteiger charge is 2.25. The molecule has 24 heavy (non-hydrogen) atoms. The number of hydrogen-bond donors (Lipinski definition) is 1. The van der Waals surface area contributed by atoms with Crippen LogP contribution in [0.1, 0.15) is 22.1 Å². The first kappa shape index (κ1) is 16.4. The molecule has 0 bridgehead atoms. The highest BCUT2D eigenvalue weighted by atomic mass is 16.5. The van der Waals surface area contributed by atoms with Crippen LogP contribution >= 0.6 is 0 Å². The summed E-state index contributed by atoms with van der Waals surface area (Å²) >= 11 is 0. The summed E-state index contributed by atoms with van der Waals surface area (Å²) < 4.78 is 10.8. The van der Waals surface area contributed by atoms with Gasteiger partial charge in [-0.2, -0.15) is 0 Å². The molecule has 1 atom stereocenters. The van der Waals surface area contributed by atoms with Gasteiger partial charge in [0, 0.05) is 33.0 Å². The number of rotatable bonds is 4. The molecule has 1 saturated heterocycles. The van der Waals surface area contributed by atoms with E-state index in [9.17, 15) is 4.79 Å². The lowest BCUT2D eigenvalue weighted by Crippen LogP contribution is -2.36. The van der Waals surface area contributed by atoms with Crippen LogP contribution < -0.4 is 5.32 Å². The van der Waals surface area contributed by atoms with E-state index in [2.05, 4.69) is 20.3 Å². The number of ether oxygens (including phenoxy) is 1. The fourth-order valence-electron chi connectivity index (χ4n) is 2.70. The molecule has 2 aromatic rings. The average Bonchev–Trinajstić information content (AvgIpc) is 2.90. The van der Waals surface area contributed by atoms with Crippen LogP contribution in [0.15, 0.2) is 23.1 Å². The molecule has 0 saturated carbocycles. The van der Waals surface area contributed by atoms with Crippen molar-refractivity contribution in [3.8, 4) is 0 Å². The minimum Gasteiger partial charge on any atom is -0.448 e. The molecule has 3 heterocycles. The lowest BCUT2D eigenvalue weighted by atomic mass is 10.0. The summed E-state index contributed by atoms with van der Waals surface area (Å²) in [5.41, 5.74) is 1.22. The second-order valence-electron chi connectivity index (χ2n) is 5.79. The van der Waals surface area contributed by atoms with E-state index in [1.807, 2.05) is 0 Å². The summed E-state index contributed by atoms with van der Waals surface area (Å²) in [6, 6.07) is 0. The van der Waals surface area contributed by atoms with Crippen molar-refractivity contribution >= 4 is 11.7 Å². The third-order valence-corrected chi connectivity index (χ3v) is 3.92. The molecule has 1 N–H and O–H groups in total. The van der Waals surface area contributed by atoms with Crippen molar-refractivity contribution in [2.24, 2.45) is 5.92 Å². The number of nitrogens with one attached hydrogen (secondary N) is 1. The molecule has 0 spiro atoms. The van der Waals surface area contributed by atoms with Crippen molar-refractivity contribution in [3.05, 3.63) is 35.9 Å². The lowest BCUT2D eigenvalue weighted by Gasteiger charge is -2.22. The number of anilines is 1. The van der Waals surface area contributed by atoms with E-state index in [0.717, 1.165) is 11.5 Å². The van der Waals surface area contributed by atoms with E-state index >= 15 is 0 Å². The van der Waals surface area contributed by atoms with Crippen molar-refractivity contribution in [2.45, 2.75) is 13.3 Å². The molecule has 1 aliphatic heterocycles. The van der Waals surface area contributed by atoms with E-state index in [1.54, 1.807) is 31.3 Å². The monoisotopic (exact) mass is 331 g/mol. The van der Waals surface area contributed by atoms with Gasteiger partial charge < -0.3 is 19.4 Å². The molecule has 1 aliphatic rings. The predicted molar refractivity (Wildman–Crippen MR) is 86.7 cm³/mol. The second kappa shape index (κ2) is 7.39.